The molecular weight excluding hydrogens is 232 g/mol. The Bertz CT molecular complexity index is 388. The fourth-order valence-corrected chi connectivity index (χ4v) is 1.98. The number of nitrogens with zero attached hydrogens (tertiary/aromatic N) is 3. The van der Waals surface area contributed by atoms with Crippen molar-refractivity contribution >= 4 is 5.91 Å². The molecule has 0 saturated carbocycles. The molecule has 1 aliphatic rings. The van der Waals surface area contributed by atoms with Crippen LogP contribution in [0, 0.1) is 0 Å². The minimum absolute atomic E-state index is 0.151. The molecule has 1 amide bonds. The summed E-state index contributed by atoms with van der Waals surface area (Å²) in [4.78, 5) is 21.0. The van der Waals surface area contributed by atoms with Crippen LogP contribution in [0.1, 0.15) is 29.8 Å². The fraction of sp³-hybridized carbons (Fsp3) is 0.583. The largest absolute Gasteiger partial charge is 0.475 e. The summed E-state index contributed by atoms with van der Waals surface area (Å²) in [6.07, 6.45) is 6.63. The molecule has 0 spiro atoms. The van der Waals surface area contributed by atoms with Gasteiger partial charge in [0.2, 0.25) is 5.88 Å². The summed E-state index contributed by atoms with van der Waals surface area (Å²) < 4.78 is 5.48. The molecule has 1 aromatic rings. The van der Waals surface area contributed by atoms with E-state index >= 15 is 0 Å². The molecule has 1 aliphatic heterocycles. The van der Waals surface area contributed by atoms with E-state index in [1.807, 2.05) is 0 Å². The standard InChI is InChI=1S/C12H18N4O2/c13-12(17)10-8-15-11(9-14-10)18-7-6-16-4-2-1-3-5-16/h8-9H,1-7H2,(H2,13,17). The third kappa shape index (κ3) is 3.66. The Morgan fingerprint density at radius 1 is 1.28 bits per heavy atom. The number of aromatic nitrogens is 2. The highest BCUT2D eigenvalue weighted by Crippen LogP contribution is 2.08. The summed E-state index contributed by atoms with van der Waals surface area (Å²) in [5.41, 5.74) is 5.22. The van der Waals surface area contributed by atoms with Crippen molar-refractivity contribution in [3.63, 3.8) is 0 Å². The molecule has 0 aromatic carbocycles. The maximum absolute atomic E-state index is 10.8. The van der Waals surface area contributed by atoms with Crippen molar-refractivity contribution in [3.05, 3.63) is 18.1 Å². The van der Waals surface area contributed by atoms with Gasteiger partial charge in [0.05, 0.1) is 12.4 Å². The van der Waals surface area contributed by atoms with Crippen LogP contribution in [-0.4, -0.2) is 47.0 Å². The monoisotopic (exact) mass is 250 g/mol. The zero-order valence-electron chi connectivity index (χ0n) is 10.3. The first kappa shape index (κ1) is 12.8. The number of hydrogen-bond donors (Lipinski definition) is 1. The molecule has 0 unspecified atom stereocenters. The van der Waals surface area contributed by atoms with E-state index in [1.54, 1.807) is 0 Å². The third-order valence-corrected chi connectivity index (χ3v) is 2.99. The van der Waals surface area contributed by atoms with Gasteiger partial charge in [-0.25, -0.2) is 9.97 Å². The molecule has 0 aliphatic carbocycles. The Morgan fingerprint density at radius 3 is 2.67 bits per heavy atom. The Balaban J connectivity index is 1.74. The van der Waals surface area contributed by atoms with Crippen molar-refractivity contribution in [3.8, 4) is 5.88 Å². The quantitative estimate of drug-likeness (QED) is 0.820. The second kappa shape index (κ2) is 6.30. The van der Waals surface area contributed by atoms with E-state index in [9.17, 15) is 4.79 Å². The van der Waals surface area contributed by atoms with Gasteiger partial charge in [-0.05, 0) is 25.9 Å². The van der Waals surface area contributed by atoms with Crippen LogP contribution in [0.2, 0.25) is 0 Å². The van der Waals surface area contributed by atoms with E-state index in [4.69, 9.17) is 10.5 Å². The Labute approximate surface area is 106 Å². The van der Waals surface area contributed by atoms with Crippen molar-refractivity contribution in [2.75, 3.05) is 26.2 Å². The molecule has 6 nitrogen and oxygen atoms in total. The van der Waals surface area contributed by atoms with Crippen LogP contribution in [0.15, 0.2) is 12.4 Å². The average Bonchev–Trinajstić information content (AvgIpc) is 2.40. The maximum Gasteiger partial charge on any atom is 0.268 e. The van der Waals surface area contributed by atoms with Gasteiger partial charge < -0.3 is 10.5 Å². The van der Waals surface area contributed by atoms with Gasteiger partial charge in [0.25, 0.3) is 5.91 Å². The number of carbonyl (C=O) groups excluding carboxylic acids is 1. The minimum atomic E-state index is -0.581. The van der Waals surface area contributed by atoms with Gasteiger partial charge in [-0.2, -0.15) is 0 Å². The van der Waals surface area contributed by atoms with Gasteiger partial charge in [0.1, 0.15) is 12.3 Å². The Kier molecular flexibility index (Phi) is 4.46. The predicted molar refractivity (Wildman–Crippen MR) is 66.3 cm³/mol. The van der Waals surface area contributed by atoms with Crippen molar-refractivity contribution in [1.29, 1.82) is 0 Å². The first-order valence-electron chi connectivity index (χ1n) is 6.23. The van der Waals surface area contributed by atoms with E-state index in [1.165, 1.54) is 31.7 Å². The summed E-state index contributed by atoms with van der Waals surface area (Å²) in [6.45, 7) is 3.79. The molecule has 0 bridgehead atoms. The number of hydrogen-bond acceptors (Lipinski definition) is 5. The molecule has 0 radical (unpaired) electrons. The molecule has 18 heavy (non-hydrogen) atoms. The highest BCUT2D eigenvalue weighted by molar-refractivity contribution is 5.90. The topological polar surface area (TPSA) is 81.3 Å². The minimum Gasteiger partial charge on any atom is -0.475 e. The number of amides is 1. The fourth-order valence-electron chi connectivity index (χ4n) is 1.98. The smallest absolute Gasteiger partial charge is 0.268 e. The zero-order chi connectivity index (χ0) is 12.8. The molecule has 6 heteroatoms. The van der Waals surface area contributed by atoms with Crippen molar-refractivity contribution in [2.24, 2.45) is 5.73 Å². The molecule has 98 valence electrons. The second-order valence-electron chi connectivity index (χ2n) is 4.35. The van der Waals surface area contributed by atoms with Gasteiger partial charge >= 0.3 is 0 Å². The molecule has 0 atom stereocenters. The third-order valence-electron chi connectivity index (χ3n) is 2.99. The highest BCUT2D eigenvalue weighted by atomic mass is 16.5. The van der Waals surface area contributed by atoms with E-state index in [-0.39, 0.29) is 5.69 Å². The number of rotatable bonds is 5. The average molecular weight is 250 g/mol. The lowest BCUT2D eigenvalue weighted by molar-refractivity contribution is 0.0995. The van der Waals surface area contributed by atoms with Gasteiger partial charge in [-0.3, -0.25) is 9.69 Å². The molecule has 2 heterocycles. The Hall–Kier alpha value is -1.69. The first-order chi connectivity index (χ1) is 8.75. The van der Waals surface area contributed by atoms with Crippen molar-refractivity contribution < 1.29 is 9.53 Å². The summed E-state index contributed by atoms with van der Waals surface area (Å²) >= 11 is 0. The van der Waals surface area contributed by atoms with Gasteiger partial charge in [-0.15, -0.1) is 0 Å². The Morgan fingerprint density at radius 2 is 2.06 bits per heavy atom. The van der Waals surface area contributed by atoms with E-state index in [0.29, 0.717) is 12.5 Å². The second-order valence-corrected chi connectivity index (χ2v) is 4.35. The van der Waals surface area contributed by atoms with Crippen LogP contribution in [0.25, 0.3) is 0 Å². The number of likely N-dealkylation sites (tertiary alicyclic amines) is 1. The van der Waals surface area contributed by atoms with Crippen LogP contribution in [-0.2, 0) is 0 Å². The van der Waals surface area contributed by atoms with Crippen LogP contribution in [0.3, 0.4) is 0 Å². The van der Waals surface area contributed by atoms with Gasteiger partial charge in [-0.1, -0.05) is 6.42 Å². The molecule has 2 rings (SSSR count). The van der Waals surface area contributed by atoms with E-state index < -0.39 is 5.91 Å². The lowest BCUT2D eigenvalue weighted by Crippen LogP contribution is -2.33. The first-order valence-corrected chi connectivity index (χ1v) is 6.23. The van der Waals surface area contributed by atoms with Crippen molar-refractivity contribution in [2.45, 2.75) is 19.3 Å². The van der Waals surface area contributed by atoms with Crippen molar-refractivity contribution in [1.82, 2.24) is 14.9 Å². The van der Waals surface area contributed by atoms with E-state index in [0.717, 1.165) is 19.6 Å². The number of carbonyl (C=O) groups is 1. The van der Waals surface area contributed by atoms with Gasteiger partial charge in [0.15, 0.2) is 0 Å². The van der Waals surface area contributed by atoms with Crippen LogP contribution in [0.4, 0.5) is 0 Å². The number of nitrogens with two attached hydrogens (primary N) is 1. The summed E-state index contributed by atoms with van der Waals surface area (Å²) in [5.74, 6) is -0.153. The summed E-state index contributed by atoms with van der Waals surface area (Å²) in [6, 6.07) is 0. The number of ether oxygens (including phenoxy) is 1. The summed E-state index contributed by atoms with van der Waals surface area (Å²) in [7, 11) is 0. The maximum atomic E-state index is 10.8. The molecule has 1 aromatic heterocycles. The molecule has 1 fully saturated rings. The van der Waals surface area contributed by atoms with Gasteiger partial charge in [0, 0.05) is 6.54 Å². The van der Waals surface area contributed by atoms with Crippen LogP contribution >= 0.6 is 0 Å². The summed E-state index contributed by atoms with van der Waals surface area (Å²) in [5, 5.41) is 0. The highest BCUT2D eigenvalue weighted by Gasteiger charge is 2.10. The lowest BCUT2D eigenvalue weighted by Gasteiger charge is -2.25. The normalized spacial score (nSPS) is 16.4. The SMILES string of the molecule is NC(=O)c1cnc(OCCN2CCCCC2)cn1. The predicted octanol–water partition coefficient (Wildman–Crippen LogP) is 0.440. The molecular formula is C12H18N4O2. The number of piperidine rings is 1. The van der Waals surface area contributed by atoms with Crippen LogP contribution in [0.5, 0.6) is 5.88 Å². The van der Waals surface area contributed by atoms with E-state index in [2.05, 4.69) is 14.9 Å². The molecule has 1 saturated heterocycles. The number of primary amides is 1. The zero-order valence-corrected chi connectivity index (χ0v) is 10.3. The molecule has 2 N–H and O–H groups in total. The van der Waals surface area contributed by atoms with Crippen LogP contribution < -0.4 is 10.5 Å². The lowest BCUT2D eigenvalue weighted by atomic mass is 10.1.